The Labute approximate surface area is 239 Å². The van der Waals surface area contributed by atoms with E-state index in [4.69, 9.17) is 22.4 Å². The van der Waals surface area contributed by atoms with Crippen LogP contribution in [-0.2, 0) is 22.4 Å². The van der Waals surface area contributed by atoms with E-state index in [0.717, 1.165) is 4.57 Å². The predicted molar refractivity (Wildman–Crippen MR) is 155 cm³/mol. The number of fused-ring (bicyclic) bond motifs is 1. The molecule has 4 atom stereocenters. The minimum absolute atomic E-state index is 0.0320. The summed E-state index contributed by atoms with van der Waals surface area (Å²) in [6.45, 7) is 23.3. The van der Waals surface area contributed by atoms with Gasteiger partial charge in [0.15, 0.2) is 6.23 Å². The Bertz CT molecular complexity index is 1190. The van der Waals surface area contributed by atoms with E-state index in [1.165, 1.54) is 13.1 Å². The van der Waals surface area contributed by atoms with Crippen LogP contribution in [0.25, 0.3) is 0 Å². The lowest BCUT2D eigenvalue weighted by molar-refractivity contribution is -0.0606. The molecule has 0 aromatic carbocycles. The average Bonchev–Trinajstić information content (AvgIpc) is 3.08. The highest BCUT2D eigenvalue weighted by atomic mass is 28.5. The maximum absolute atomic E-state index is 13.5. The van der Waals surface area contributed by atoms with Gasteiger partial charge in [0.05, 0.1) is 6.61 Å². The first-order chi connectivity index (χ1) is 18.3. The molecule has 40 heavy (non-hydrogen) atoms. The van der Waals surface area contributed by atoms with Crippen LogP contribution in [0.4, 0.5) is 4.79 Å². The van der Waals surface area contributed by atoms with Crippen LogP contribution in [0, 0.1) is 6.92 Å². The molecule has 3 heterocycles. The quantitative estimate of drug-likeness (QED) is 0.492. The number of carbonyl (C=O) groups excluding carboxylic acids is 1. The van der Waals surface area contributed by atoms with Crippen molar-refractivity contribution >= 4 is 23.2 Å². The van der Waals surface area contributed by atoms with Crippen LogP contribution in [0.15, 0.2) is 15.8 Å². The van der Waals surface area contributed by atoms with Gasteiger partial charge in [0.1, 0.15) is 23.9 Å². The third-order valence-corrected chi connectivity index (χ3v) is 18.0. The molecule has 0 bridgehead atoms. The van der Waals surface area contributed by atoms with Crippen molar-refractivity contribution in [2.75, 3.05) is 6.61 Å². The van der Waals surface area contributed by atoms with Crippen LogP contribution < -0.4 is 11.2 Å². The Morgan fingerprint density at radius 1 is 1.00 bits per heavy atom. The van der Waals surface area contributed by atoms with Gasteiger partial charge in [-0.05, 0) is 49.9 Å². The van der Waals surface area contributed by atoms with Crippen LogP contribution in [0.1, 0.15) is 88.0 Å². The van der Waals surface area contributed by atoms with E-state index in [1.54, 1.807) is 20.8 Å². The van der Waals surface area contributed by atoms with Gasteiger partial charge in [-0.3, -0.25) is 9.36 Å². The molecule has 2 aliphatic rings. The molecule has 0 radical (unpaired) electrons. The highest BCUT2D eigenvalue weighted by Crippen LogP contribution is 2.48. The second kappa shape index (κ2) is 11.6. The Balaban J connectivity index is 2.13. The summed E-state index contributed by atoms with van der Waals surface area (Å²) in [7, 11) is -5.89. The monoisotopic (exact) mass is 600 g/mol. The summed E-state index contributed by atoms with van der Waals surface area (Å²) in [6.07, 6.45) is -3.86. The Kier molecular flexibility index (Phi) is 9.52. The van der Waals surface area contributed by atoms with Gasteiger partial charge in [-0.2, -0.15) is 4.57 Å². The standard InChI is InChI=1S/C27H48N2O9Si2/c1-15(2)39(16(3)4)34-14-20-22(37-40(38-39,17(5)6)18(7)8)21(30)24(35-20)28-13-19(9)23(31)29(25(28)32)26(33)36-27(10,11)12/h13,15-18,20-22,24,30H,14H2,1-12H3/t20-,21-,22-,24-/m1/s1. The molecule has 0 amide bonds. The summed E-state index contributed by atoms with van der Waals surface area (Å²) in [5.41, 5.74) is -2.26. The number of nitrogens with zero attached hydrogens (tertiary/aromatic N) is 2. The molecule has 0 aliphatic carbocycles. The third kappa shape index (κ3) is 5.83. The largest absolute Gasteiger partial charge is 0.443 e. The van der Waals surface area contributed by atoms with Crippen molar-refractivity contribution in [1.29, 1.82) is 0 Å². The number of aryl methyl sites for hydroxylation is 1. The van der Waals surface area contributed by atoms with Gasteiger partial charge in [0.25, 0.3) is 5.56 Å². The van der Waals surface area contributed by atoms with Gasteiger partial charge in [-0.1, -0.05) is 55.4 Å². The summed E-state index contributed by atoms with van der Waals surface area (Å²) in [4.78, 5) is 39.2. The summed E-state index contributed by atoms with van der Waals surface area (Å²) in [6, 6.07) is 0. The van der Waals surface area contributed by atoms with E-state index in [0.29, 0.717) is 4.57 Å². The molecule has 2 aliphatic heterocycles. The van der Waals surface area contributed by atoms with E-state index >= 15 is 0 Å². The van der Waals surface area contributed by atoms with E-state index in [2.05, 4.69) is 55.4 Å². The molecule has 3 rings (SSSR count). The Morgan fingerprint density at radius 3 is 2.00 bits per heavy atom. The second-order valence-electron chi connectivity index (χ2n) is 13.2. The lowest BCUT2D eigenvalue weighted by Gasteiger charge is -2.51. The van der Waals surface area contributed by atoms with Crippen molar-refractivity contribution in [3.05, 3.63) is 32.6 Å². The molecule has 1 N–H and O–H groups in total. The van der Waals surface area contributed by atoms with Crippen molar-refractivity contribution in [1.82, 2.24) is 9.13 Å². The number of aliphatic hydroxyl groups excluding tert-OH is 1. The molecule has 0 unspecified atom stereocenters. The zero-order chi connectivity index (χ0) is 30.5. The van der Waals surface area contributed by atoms with E-state index in [-0.39, 0.29) is 34.3 Å². The number of aromatic nitrogens is 2. The predicted octanol–water partition coefficient (Wildman–Crippen LogP) is 4.32. The Hall–Kier alpha value is -1.62. The van der Waals surface area contributed by atoms with Crippen molar-refractivity contribution in [2.24, 2.45) is 0 Å². The first-order valence-electron chi connectivity index (χ1n) is 14.2. The number of rotatable bonds is 5. The summed E-state index contributed by atoms with van der Waals surface area (Å²) in [5.74, 6) is 0. The normalized spacial score (nSPS) is 26.7. The molecule has 228 valence electrons. The molecule has 13 heteroatoms. The third-order valence-electron chi connectivity index (χ3n) is 7.78. The fourth-order valence-corrected chi connectivity index (χ4v) is 16.9. The van der Waals surface area contributed by atoms with Gasteiger partial charge in [-0.15, -0.1) is 0 Å². The smallest absolute Gasteiger partial charge is 0.425 e. The van der Waals surface area contributed by atoms with Crippen molar-refractivity contribution < 1.29 is 32.3 Å². The molecule has 2 fully saturated rings. The van der Waals surface area contributed by atoms with Crippen LogP contribution in [-0.4, -0.2) is 68.0 Å². The van der Waals surface area contributed by atoms with Gasteiger partial charge >= 0.3 is 28.9 Å². The molecule has 11 nitrogen and oxygen atoms in total. The first-order valence-corrected chi connectivity index (χ1v) is 18.2. The van der Waals surface area contributed by atoms with Crippen molar-refractivity contribution in [2.45, 2.75) is 135 Å². The fourth-order valence-electron chi connectivity index (χ4n) is 5.72. The van der Waals surface area contributed by atoms with Crippen molar-refractivity contribution in [3.8, 4) is 0 Å². The summed E-state index contributed by atoms with van der Waals surface area (Å²) < 4.78 is 33.9. The zero-order valence-electron chi connectivity index (χ0n) is 26.0. The van der Waals surface area contributed by atoms with Crippen LogP contribution >= 0.6 is 0 Å². The molecular weight excluding hydrogens is 552 g/mol. The molecule has 0 spiro atoms. The number of carbonyl (C=O) groups is 1. The lowest BCUT2D eigenvalue weighted by atomic mass is 10.1. The summed E-state index contributed by atoms with van der Waals surface area (Å²) >= 11 is 0. The number of hydrogen-bond acceptors (Lipinski definition) is 9. The Morgan fingerprint density at radius 2 is 1.52 bits per heavy atom. The SMILES string of the molecule is Cc1cn([C@@H]2O[C@@H]3CO[Si](C(C)C)(C(C)C)O[Si](C(C)C)(C(C)C)O[C@H]3[C@H]2O)c(=O)n(C(=O)OC(C)(C)C)c1=O. The minimum Gasteiger partial charge on any atom is -0.443 e. The second-order valence-corrected chi connectivity index (χ2v) is 22.1. The number of hydrogen-bond donors (Lipinski definition) is 1. The van der Waals surface area contributed by atoms with Crippen molar-refractivity contribution in [3.63, 3.8) is 0 Å². The average molecular weight is 601 g/mol. The van der Waals surface area contributed by atoms with E-state index in [1.807, 2.05) is 0 Å². The van der Waals surface area contributed by atoms with E-state index in [9.17, 15) is 19.5 Å². The van der Waals surface area contributed by atoms with Gasteiger partial charge < -0.3 is 27.5 Å². The van der Waals surface area contributed by atoms with Crippen LogP contribution in [0.2, 0.25) is 22.2 Å². The first kappa shape index (κ1) is 32.9. The van der Waals surface area contributed by atoms with Gasteiger partial charge in [0.2, 0.25) is 0 Å². The topological polar surface area (TPSA) is 127 Å². The number of aliphatic hydroxyl groups is 1. The number of ether oxygens (including phenoxy) is 2. The van der Waals surface area contributed by atoms with E-state index < -0.39 is 64.6 Å². The van der Waals surface area contributed by atoms with Crippen LogP contribution in [0.5, 0.6) is 0 Å². The highest BCUT2D eigenvalue weighted by molar-refractivity contribution is 6.84. The zero-order valence-corrected chi connectivity index (χ0v) is 28.0. The molecule has 2 saturated heterocycles. The highest BCUT2D eigenvalue weighted by Gasteiger charge is 2.61. The fraction of sp³-hybridized carbons (Fsp3) is 0.815. The summed E-state index contributed by atoms with van der Waals surface area (Å²) in [5, 5.41) is 11.6. The maximum Gasteiger partial charge on any atom is 0.425 e. The lowest BCUT2D eigenvalue weighted by Crippen LogP contribution is -2.65. The molecule has 0 saturated carbocycles. The molecule has 1 aromatic rings. The van der Waals surface area contributed by atoms with Gasteiger partial charge in [-0.25, -0.2) is 9.59 Å². The molecule has 1 aromatic heterocycles. The molecular formula is C27H48N2O9Si2. The van der Waals surface area contributed by atoms with Crippen LogP contribution in [0.3, 0.4) is 0 Å². The maximum atomic E-state index is 13.5. The minimum atomic E-state index is -3.05. The van der Waals surface area contributed by atoms with Gasteiger partial charge in [0, 0.05) is 11.8 Å².